The number of ether oxygens (including phenoxy) is 3. The van der Waals surface area contributed by atoms with Gasteiger partial charge in [-0.05, 0) is 43.2 Å². The van der Waals surface area contributed by atoms with Crippen molar-refractivity contribution in [3.63, 3.8) is 0 Å². The van der Waals surface area contributed by atoms with E-state index in [2.05, 4.69) is 16.3 Å². The van der Waals surface area contributed by atoms with Crippen LogP contribution in [0.25, 0.3) is 0 Å². The molecule has 152 valence electrons. The highest BCUT2D eigenvalue weighted by Gasteiger charge is 2.34. The Balaban J connectivity index is 1.75. The van der Waals surface area contributed by atoms with Crippen molar-refractivity contribution in [2.75, 3.05) is 7.11 Å². The van der Waals surface area contributed by atoms with Crippen LogP contribution in [0.3, 0.4) is 0 Å². The third kappa shape index (κ3) is 3.33. The van der Waals surface area contributed by atoms with Crippen LogP contribution < -0.4 is 19.9 Å². The number of nitrogens with two attached hydrogens (primary N) is 1. The molecule has 7 heteroatoms. The Bertz CT molecular complexity index is 1170. The predicted octanol–water partition coefficient (Wildman–Crippen LogP) is 3.83. The molecule has 0 saturated carbocycles. The smallest absolute Gasteiger partial charge is 0.244 e. The molecule has 3 N–H and O–H groups in total. The maximum absolute atomic E-state index is 9.75. The fraction of sp³-hybridized carbons (Fsp3) is 0.217. The first-order chi connectivity index (χ1) is 14.5. The van der Waals surface area contributed by atoms with Gasteiger partial charge >= 0.3 is 0 Å². The number of hydrogen-bond donors (Lipinski definition) is 2. The number of nitrogens with zero attached hydrogens (tertiary/aromatic N) is 2. The van der Waals surface area contributed by atoms with Crippen LogP contribution >= 0.6 is 0 Å². The van der Waals surface area contributed by atoms with Gasteiger partial charge in [0.1, 0.15) is 29.7 Å². The van der Waals surface area contributed by atoms with E-state index >= 15 is 0 Å². The maximum atomic E-state index is 9.75. The molecule has 1 aliphatic heterocycles. The zero-order valence-electron chi connectivity index (χ0n) is 17.0. The van der Waals surface area contributed by atoms with E-state index in [0.717, 1.165) is 33.7 Å². The first-order valence-corrected chi connectivity index (χ1v) is 9.51. The van der Waals surface area contributed by atoms with Crippen LogP contribution in [0.5, 0.6) is 17.4 Å². The number of rotatable bonds is 5. The summed E-state index contributed by atoms with van der Waals surface area (Å²) in [6.07, 6.45) is 0. The third-order valence-corrected chi connectivity index (χ3v) is 5.24. The molecule has 0 bridgehead atoms. The lowest BCUT2D eigenvalue weighted by molar-refractivity contribution is 0.294. The van der Waals surface area contributed by atoms with Gasteiger partial charge in [0, 0.05) is 16.8 Å². The molecule has 2 heterocycles. The minimum Gasteiger partial charge on any atom is -0.496 e. The van der Waals surface area contributed by atoms with Crippen LogP contribution in [0.2, 0.25) is 0 Å². The molecule has 4 rings (SSSR count). The molecular formula is C23H22N4O3. The molecule has 0 aliphatic carbocycles. The SMILES string of the molecule is COc1ccc([C@@H]2C(C#N)=C(N)Oc3n[nH]c(C)c32)cc1COc1ccccc1C. The topological polar surface area (TPSA) is 106 Å². The monoisotopic (exact) mass is 402 g/mol. The summed E-state index contributed by atoms with van der Waals surface area (Å²) >= 11 is 0. The summed E-state index contributed by atoms with van der Waals surface area (Å²) in [5, 5.41) is 16.8. The summed E-state index contributed by atoms with van der Waals surface area (Å²) in [7, 11) is 1.62. The van der Waals surface area contributed by atoms with Gasteiger partial charge in [-0.2, -0.15) is 5.26 Å². The van der Waals surface area contributed by atoms with E-state index in [-0.39, 0.29) is 11.8 Å². The molecule has 3 aromatic rings. The molecule has 1 aliphatic rings. The average Bonchev–Trinajstić information content (AvgIpc) is 3.12. The van der Waals surface area contributed by atoms with E-state index in [1.54, 1.807) is 7.11 Å². The van der Waals surface area contributed by atoms with Crippen molar-refractivity contribution in [2.45, 2.75) is 26.4 Å². The van der Waals surface area contributed by atoms with Gasteiger partial charge in [-0.1, -0.05) is 24.3 Å². The molecule has 1 aromatic heterocycles. The molecule has 2 aromatic carbocycles. The van der Waals surface area contributed by atoms with Crippen molar-refractivity contribution in [3.05, 3.63) is 81.9 Å². The number of nitrogens with one attached hydrogen (secondary N) is 1. The number of benzene rings is 2. The van der Waals surface area contributed by atoms with Gasteiger partial charge < -0.3 is 19.9 Å². The van der Waals surface area contributed by atoms with E-state index in [9.17, 15) is 5.26 Å². The highest BCUT2D eigenvalue weighted by molar-refractivity contribution is 5.56. The summed E-state index contributed by atoms with van der Waals surface area (Å²) in [5.41, 5.74) is 10.8. The van der Waals surface area contributed by atoms with Gasteiger partial charge in [0.15, 0.2) is 0 Å². The maximum Gasteiger partial charge on any atom is 0.244 e. The first-order valence-electron chi connectivity index (χ1n) is 9.51. The van der Waals surface area contributed by atoms with Crippen LogP contribution in [-0.4, -0.2) is 17.3 Å². The average molecular weight is 402 g/mol. The lowest BCUT2D eigenvalue weighted by Crippen LogP contribution is -2.21. The van der Waals surface area contributed by atoms with Crippen molar-refractivity contribution in [1.82, 2.24) is 10.2 Å². The Morgan fingerprint density at radius 1 is 1.20 bits per heavy atom. The van der Waals surface area contributed by atoms with Crippen LogP contribution in [0.15, 0.2) is 53.9 Å². The number of fused-ring (bicyclic) bond motifs is 1. The molecule has 7 nitrogen and oxygen atoms in total. The summed E-state index contributed by atoms with van der Waals surface area (Å²) in [5.74, 6) is 1.59. The first kappa shape index (κ1) is 19.4. The zero-order chi connectivity index (χ0) is 21.3. The van der Waals surface area contributed by atoms with Crippen molar-refractivity contribution in [3.8, 4) is 23.4 Å². The van der Waals surface area contributed by atoms with Gasteiger partial charge in [-0.25, -0.2) is 0 Å². The quantitative estimate of drug-likeness (QED) is 0.672. The summed E-state index contributed by atoms with van der Waals surface area (Å²) in [4.78, 5) is 0. The van der Waals surface area contributed by atoms with Crippen molar-refractivity contribution in [2.24, 2.45) is 5.73 Å². The highest BCUT2D eigenvalue weighted by atomic mass is 16.5. The molecule has 0 radical (unpaired) electrons. The second-order valence-corrected chi connectivity index (χ2v) is 7.12. The summed E-state index contributed by atoms with van der Waals surface area (Å²) in [6, 6.07) is 15.8. The Kier molecular flexibility index (Phi) is 5.07. The lowest BCUT2D eigenvalue weighted by Gasteiger charge is -2.24. The molecule has 0 spiro atoms. The molecule has 0 amide bonds. The fourth-order valence-electron chi connectivity index (χ4n) is 3.70. The van der Waals surface area contributed by atoms with E-state index < -0.39 is 0 Å². The van der Waals surface area contributed by atoms with Gasteiger partial charge in [0.25, 0.3) is 0 Å². The van der Waals surface area contributed by atoms with Gasteiger partial charge in [-0.3, -0.25) is 5.10 Å². The zero-order valence-corrected chi connectivity index (χ0v) is 17.0. The number of hydrogen-bond acceptors (Lipinski definition) is 6. The summed E-state index contributed by atoms with van der Waals surface area (Å²) < 4.78 is 17.1. The molecule has 1 atom stereocenters. The number of aromatic nitrogens is 2. The molecule has 0 fully saturated rings. The predicted molar refractivity (Wildman–Crippen MR) is 111 cm³/mol. The third-order valence-electron chi connectivity index (χ3n) is 5.24. The van der Waals surface area contributed by atoms with Crippen LogP contribution in [-0.2, 0) is 6.61 Å². The van der Waals surface area contributed by atoms with Crippen LogP contribution in [0.4, 0.5) is 0 Å². The lowest BCUT2D eigenvalue weighted by atomic mass is 9.83. The molecule has 0 unspecified atom stereocenters. The number of aromatic amines is 1. The van der Waals surface area contributed by atoms with Gasteiger partial charge in [0.2, 0.25) is 11.8 Å². The standard InChI is InChI=1S/C23H22N4O3/c1-13-6-4-5-7-18(13)29-12-16-10-15(8-9-19(16)28-3)21-17(11-24)22(25)30-23-20(21)14(2)26-27-23/h4-10,21H,12,25H2,1-3H3,(H,26,27)/t21-/m1/s1. The summed E-state index contributed by atoms with van der Waals surface area (Å²) in [6.45, 7) is 4.22. The number of aryl methyl sites for hydroxylation is 2. The minimum absolute atomic E-state index is 0.0648. The van der Waals surface area contributed by atoms with Crippen LogP contribution in [0, 0.1) is 25.2 Å². The Hall–Kier alpha value is -3.92. The van der Waals surface area contributed by atoms with E-state index in [1.807, 2.05) is 56.3 Å². The van der Waals surface area contributed by atoms with Crippen molar-refractivity contribution < 1.29 is 14.2 Å². The largest absolute Gasteiger partial charge is 0.496 e. The van der Waals surface area contributed by atoms with Crippen molar-refractivity contribution in [1.29, 1.82) is 5.26 Å². The van der Waals surface area contributed by atoms with Crippen LogP contribution in [0.1, 0.15) is 33.9 Å². The Morgan fingerprint density at radius 2 is 2.00 bits per heavy atom. The number of methoxy groups -OCH3 is 1. The molecule has 30 heavy (non-hydrogen) atoms. The molecular weight excluding hydrogens is 380 g/mol. The highest BCUT2D eigenvalue weighted by Crippen LogP contribution is 2.43. The van der Waals surface area contributed by atoms with Crippen molar-refractivity contribution >= 4 is 0 Å². The Labute approximate surface area is 174 Å². The van der Waals surface area contributed by atoms with E-state index in [4.69, 9.17) is 19.9 Å². The second kappa shape index (κ2) is 7.84. The number of allylic oxidation sites excluding steroid dienone is 1. The van der Waals surface area contributed by atoms with Gasteiger partial charge in [-0.15, -0.1) is 5.10 Å². The number of H-pyrrole nitrogens is 1. The van der Waals surface area contributed by atoms with E-state index in [1.165, 1.54) is 0 Å². The fourth-order valence-corrected chi connectivity index (χ4v) is 3.70. The van der Waals surface area contributed by atoms with Gasteiger partial charge in [0.05, 0.1) is 13.0 Å². The number of nitriles is 1. The Morgan fingerprint density at radius 3 is 2.73 bits per heavy atom. The minimum atomic E-state index is -0.388. The van der Waals surface area contributed by atoms with E-state index in [0.29, 0.717) is 23.8 Å². The normalized spacial score (nSPS) is 15.2. The second-order valence-electron chi connectivity index (χ2n) is 7.12. The molecule has 0 saturated heterocycles. The number of para-hydroxylation sites is 1.